The van der Waals surface area contributed by atoms with Crippen LogP contribution in [0.5, 0.6) is 0 Å². The molecule has 1 unspecified atom stereocenters. The van der Waals surface area contributed by atoms with Crippen molar-refractivity contribution in [2.24, 2.45) is 13.0 Å². The Morgan fingerprint density at radius 1 is 1.21 bits per heavy atom. The molecule has 1 atom stereocenters. The SMILES string of the molecule is CC(C)Cc1ccc(CN2CCCC(NC(=O)CCc3cnn(C)c3)C2)cc1. The molecule has 0 bridgehead atoms. The molecule has 1 aliphatic rings. The van der Waals surface area contributed by atoms with E-state index in [1.165, 1.54) is 11.1 Å². The van der Waals surface area contributed by atoms with Gasteiger partial charge in [0.15, 0.2) is 0 Å². The largest absolute Gasteiger partial charge is 0.352 e. The highest BCUT2D eigenvalue weighted by atomic mass is 16.1. The van der Waals surface area contributed by atoms with Crippen molar-refractivity contribution in [2.45, 2.75) is 58.5 Å². The van der Waals surface area contributed by atoms with Gasteiger partial charge in [0.25, 0.3) is 0 Å². The second-order valence-electron chi connectivity index (χ2n) is 8.58. The molecule has 2 heterocycles. The molecule has 1 saturated heterocycles. The Morgan fingerprint density at radius 3 is 2.64 bits per heavy atom. The second-order valence-corrected chi connectivity index (χ2v) is 8.58. The lowest BCUT2D eigenvalue weighted by atomic mass is 10.0. The fraction of sp³-hybridized carbons (Fsp3) is 0.565. The van der Waals surface area contributed by atoms with Crippen LogP contribution in [0.3, 0.4) is 0 Å². The maximum atomic E-state index is 12.3. The van der Waals surface area contributed by atoms with Crippen molar-refractivity contribution in [1.29, 1.82) is 0 Å². The number of amides is 1. The van der Waals surface area contributed by atoms with Gasteiger partial charge in [0.05, 0.1) is 6.20 Å². The quantitative estimate of drug-likeness (QED) is 0.762. The van der Waals surface area contributed by atoms with Crippen LogP contribution in [0.15, 0.2) is 36.7 Å². The highest BCUT2D eigenvalue weighted by Gasteiger charge is 2.21. The van der Waals surface area contributed by atoms with Crippen LogP contribution >= 0.6 is 0 Å². The highest BCUT2D eigenvalue weighted by Crippen LogP contribution is 2.16. The number of aryl methyl sites for hydroxylation is 2. The third kappa shape index (κ3) is 6.48. The second kappa shape index (κ2) is 9.87. The van der Waals surface area contributed by atoms with Crippen LogP contribution in [0, 0.1) is 5.92 Å². The number of aromatic nitrogens is 2. The van der Waals surface area contributed by atoms with Crippen LogP contribution in [-0.2, 0) is 31.2 Å². The molecule has 1 amide bonds. The minimum Gasteiger partial charge on any atom is -0.352 e. The number of nitrogens with one attached hydrogen (secondary N) is 1. The van der Waals surface area contributed by atoms with E-state index in [1.54, 1.807) is 4.68 Å². The Bertz CT molecular complexity index is 750. The number of carbonyl (C=O) groups is 1. The van der Waals surface area contributed by atoms with Crippen LogP contribution in [0.2, 0.25) is 0 Å². The summed E-state index contributed by atoms with van der Waals surface area (Å²) in [6, 6.07) is 9.30. The minimum atomic E-state index is 0.147. The summed E-state index contributed by atoms with van der Waals surface area (Å²) >= 11 is 0. The van der Waals surface area contributed by atoms with Crippen LogP contribution in [-0.4, -0.2) is 39.7 Å². The summed E-state index contributed by atoms with van der Waals surface area (Å²) in [5.74, 6) is 0.837. The van der Waals surface area contributed by atoms with Crippen LogP contribution in [0.1, 0.15) is 49.8 Å². The molecule has 0 aliphatic carbocycles. The predicted molar refractivity (Wildman–Crippen MR) is 113 cm³/mol. The number of piperidine rings is 1. The van der Waals surface area contributed by atoms with Crippen molar-refractivity contribution in [3.8, 4) is 0 Å². The third-order valence-electron chi connectivity index (χ3n) is 5.34. The van der Waals surface area contributed by atoms with Gasteiger partial charge < -0.3 is 5.32 Å². The number of hydrogen-bond acceptors (Lipinski definition) is 3. The van der Waals surface area contributed by atoms with E-state index < -0.39 is 0 Å². The summed E-state index contributed by atoms with van der Waals surface area (Å²) in [7, 11) is 1.90. The molecule has 1 aromatic carbocycles. The number of benzene rings is 1. The lowest BCUT2D eigenvalue weighted by Gasteiger charge is -2.33. The molecule has 5 nitrogen and oxygen atoms in total. The van der Waals surface area contributed by atoms with E-state index in [0.29, 0.717) is 12.3 Å². The molecule has 0 radical (unpaired) electrons. The van der Waals surface area contributed by atoms with Gasteiger partial charge in [0.2, 0.25) is 5.91 Å². The van der Waals surface area contributed by atoms with Gasteiger partial charge in [-0.1, -0.05) is 38.1 Å². The molecule has 1 N–H and O–H groups in total. The van der Waals surface area contributed by atoms with Crippen molar-refractivity contribution < 1.29 is 4.79 Å². The van der Waals surface area contributed by atoms with Crippen molar-refractivity contribution in [1.82, 2.24) is 20.0 Å². The van der Waals surface area contributed by atoms with Gasteiger partial charge in [-0.25, -0.2) is 0 Å². The van der Waals surface area contributed by atoms with Crippen molar-refractivity contribution in [3.63, 3.8) is 0 Å². The summed E-state index contributed by atoms with van der Waals surface area (Å²) in [5.41, 5.74) is 3.89. The van der Waals surface area contributed by atoms with E-state index in [0.717, 1.165) is 50.9 Å². The van der Waals surface area contributed by atoms with E-state index >= 15 is 0 Å². The number of nitrogens with zero attached hydrogens (tertiary/aromatic N) is 3. The zero-order chi connectivity index (χ0) is 19.9. The van der Waals surface area contributed by atoms with Crippen LogP contribution in [0.4, 0.5) is 0 Å². The van der Waals surface area contributed by atoms with Gasteiger partial charge in [0.1, 0.15) is 0 Å². The lowest BCUT2D eigenvalue weighted by molar-refractivity contribution is -0.122. The van der Waals surface area contributed by atoms with Crippen molar-refractivity contribution in [2.75, 3.05) is 13.1 Å². The summed E-state index contributed by atoms with van der Waals surface area (Å²) in [4.78, 5) is 14.8. The van der Waals surface area contributed by atoms with E-state index in [1.807, 2.05) is 19.4 Å². The van der Waals surface area contributed by atoms with Gasteiger partial charge in [-0.15, -0.1) is 0 Å². The number of hydrogen-bond donors (Lipinski definition) is 1. The Labute approximate surface area is 169 Å². The predicted octanol–water partition coefficient (Wildman–Crippen LogP) is 3.33. The fourth-order valence-corrected chi connectivity index (χ4v) is 3.99. The minimum absolute atomic E-state index is 0.147. The Hall–Kier alpha value is -2.14. The first-order chi connectivity index (χ1) is 13.5. The number of carbonyl (C=O) groups excluding carboxylic acids is 1. The first kappa shape index (κ1) is 20.6. The van der Waals surface area contributed by atoms with E-state index in [2.05, 4.69) is 53.4 Å². The molecule has 1 aromatic heterocycles. The average Bonchev–Trinajstić information content (AvgIpc) is 3.07. The fourth-order valence-electron chi connectivity index (χ4n) is 3.99. The van der Waals surface area contributed by atoms with Gasteiger partial charge >= 0.3 is 0 Å². The Kier molecular flexibility index (Phi) is 7.26. The molecule has 2 aromatic rings. The van der Waals surface area contributed by atoms with Gasteiger partial charge in [-0.05, 0) is 54.8 Å². The molecule has 0 saturated carbocycles. The van der Waals surface area contributed by atoms with Crippen molar-refractivity contribution >= 4 is 5.91 Å². The molecule has 152 valence electrons. The Morgan fingerprint density at radius 2 is 1.96 bits per heavy atom. The zero-order valence-corrected chi connectivity index (χ0v) is 17.5. The maximum absolute atomic E-state index is 12.3. The highest BCUT2D eigenvalue weighted by molar-refractivity contribution is 5.76. The molecular weight excluding hydrogens is 348 g/mol. The van der Waals surface area contributed by atoms with Gasteiger partial charge in [-0.3, -0.25) is 14.4 Å². The van der Waals surface area contributed by atoms with E-state index in [9.17, 15) is 4.79 Å². The van der Waals surface area contributed by atoms with Gasteiger partial charge in [-0.2, -0.15) is 5.10 Å². The molecule has 3 rings (SSSR count). The molecular formula is C23H34N4O. The molecule has 28 heavy (non-hydrogen) atoms. The van der Waals surface area contributed by atoms with Crippen LogP contribution < -0.4 is 5.32 Å². The van der Waals surface area contributed by atoms with Crippen LogP contribution in [0.25, 0.3) is 0 Å². The number of likely N-dealkylation sites (tertiary alicyclic amines) is 1. The van der Waals surface area contributed by atoms with E-state index in [4.69, 9.17) is 0 Å². The topological polar surface area (TPSA) is 50.2 Å². The third-order valence-corrected chi connectivity index (χ3v) is 5.34. The van der Waals surface area contributed by atoms with Crippen molar-refractivity contribution in [3.05, 3.63) is 53.3 Å². The lowest BCUT2D eigenvalue weighted by Crippen LogP contribution is -2.47. The standard InChI is InChI=1S/C23H34N4O/c1-18(2)13-19-6-8-20(9-7-19)16-27-12-4-5-22(17-27)25-23(28)11-10-21-14-24-26(3)15-21/h6-9,14-15,18,22H,4-5,10-13,16-17H2,1-3H3,(H,25,28). The first-order valence-electron chi connectivity index (χ1n) is 10.5. The molecule has 1 aliphatic heterocycles. The van der Waals surface area contributed by atoms with Gasteiger partial charge in [0, 0.05) is 38.8 Å². The molecule has 1 fully saturated rings. The summed E-state index contributed by atoms with van der Waals surface area (Å²) < 4.78 is 1.78. The number of rotatable bonds is 8. The summed E-state index contributed by atoms with van der Waals surface area (Å²) in [6.45, 7) is 7.52. The molecule has 0 spiro atoms. The molecule has 5 heteroatoms. The van der Waals surface area contributed by atoms with E-state index in [-0.39, 0.29) is 11.9 Å². The zero-order valence-electron chi connectivity index (χ0n) is 17.5. The summed E-state index contributed by atoms with van der Waals surface area (Å²) in [6.07, 6.45) is 8.43. The smallest absolute Gasteiger partial charge is 0.220 e. The normalized spacial score (nSPS) is 17.8. The summed E-state index contributed by atoms with van der Waals surface area (Å²) in [5, 5.41) is 7.39. The maximum Gasteiger partial charge on any atom is 0.220 e. The monoisotopic (exact) mass is 382 g/mol. The first-order valence-corrected chi connectivity index (χ1v) is 10.5. The average molecular weight is 383 g/mol. The Balaban J connectivity index is 1.43.